The van der Waals surface area contributed by atoms with Crippen molar-refractivity contribution in [1.82, 2.24) is 0 Å². The average Bonchev–Trinajstić information content (AvgIpc) is 2.80. The van der Waals surface area contributed by atoms with E-state index in [9.17, 15) is 40.9 Å². The topological polar surface area (TPSA) is 199 Å². The fourth-order valence-corrected chi connectivity index (χ4v) is 3.63. The predicted molar refractivity (Wildman–Crippen MR) is 109 cm³/mol. The lowest BCUT2D eigenvalue weighted by Crippen LogP contribution is -2.62. The van der Waals surface area contributed by atoms with Crippen LogP contribution < -0.4 is 4.74 Å². The number of aliphatic hydroxyl groups is 7. The van der Waals surface area contributed by atoms with Crippen molar-refractivity contribution in [2.24, 2.45) is 0 Å². The van der Waals surface area contributed by atoms with Gasteiger partial charge in [-0.15, -0.1) is 6.58 Å². The van der Waals surface area contributed by atoms with Crippen molar-refractivity contribution in [3.63, 3.8) is 0 Å². The smallest absolute Gasteiger partial charge is 0.229 e. The minimum absolute atomic E-state index is 0.0379. The van der Waals surface area contributed by atoms with Gasteiger partial charge in [-0.3, -0.25) is 0 Å². The molecule has 12 nitrogen and oxygen atoms in total. The molecule has 8 N–H and O–H groups in total. The van der Waals surface area contributed by atoms with E-state index in [4.69, 9.17) is 18.9 Å². The molecule has 2 saturated heterocycles. The summed E-state index contributed by atoms with van der Waals surface area (Å²) in [7, 11) is 0. The van der Waals surface area contributed by atoms with E-state index in [0.29, 0.717) is 6.42 Å². The standard InChI is InChI=1S/C21H30O12/c1-2-3-9-4-5-11(10(23)6-9)31-21-19(29)17(27)15(25)13(33-21)8-30-20-18(28)16(26)14(24)12(7-22)32-20/h2,4-6,12-29H,1,3,7-8H2/t12-,13-,14-,15-,16+,17+,18-,19-,20+,21+/m1/s1. The summed E-state index contributed by atoms with van der Waals surface area (Å²) in [6.07, 6.45) is -13.2. The molecule has 0 aliphatic carbocycles. The van der Waals surface area contributed by atoms with Gasteiger partial charge >= 0.3 is 0 Å². The lowest BCUT2D eigenvalue weighted by molar-refractivity contribution is -0.323. The van der Waals surface area contributed by atoms with Crippen LogP contribution in [0.4, 0.5) is 0 Å². The van der Waals surface area contributed by atoms with E-state index >= 15 is 0 Å². The Morgan fingerprint density at radius 1 is 0.848 bits per heavy atom. The second kappa shape index (κ2) is 11.1. The molecule has 10 atom stereocenters. The molecule has 0 bridgehead atoms. The van der Waals surface area contributed by atoms with E-state index in [2.05, 4.69) is 6.58 Å². The van der Waals surface area contributed by atoms with Crippen molar-refractivity contribution in [2.75, 3.05) is 13.2 Å². The van der Waals surface area contributed by atoms with Gasteiger partial charge in [-0.25, -0.2) is 0 Å². The molecule has 0 unspecified atom stereocenters. The number of hydrogen-bond donors (Lipinski definition) is 8. The Morgan fingerprint density at radius 3 is 2.06 bits per heavy atom. The molecule has 3 rings (SSSR count). The number of phenolic OH excluding ortho intramolecular Hbond substituents is 1. The minimum Gasteiger partial charge on any atom is -0.504 e. The van der Waals surface area contributed by atoms with Gasteiger partial charge < -0.3 is 59.8 Å². The molecular formula is C21H30O12. The third kappa shape index (κ3) is 5.63. The number of benzene rings is 1. The first kappa shape index (κ1) is 25.8. The second-order valence-corrected chi connectivity index (χ2v) is 7.96. The van der Waals surface area contributed by atoms with Crippen LogP contribution in [-0.4, -0.2) is 115 Å². The highest BCUT2D eigenvalue weighted by atomic mass is 16.7. The first-order chi connectivity index (χ1) is 15.7. The van der Waals surface area contributed by atoms with Crippen LogP contribution in [0.2, 0.25) is 0 Å². The molecule has 0 aromatic heterocycles. The zero-order valence-corrected chi connectivity index (χ0v) is 17.6. The maximum Gasteiger partial charge on any atom is 0.229 e. The first-order valence-corrected chi connectivity index (χ1v) is 10.4. The highest BCUT2D eigenvalue weighted by Crippen LogP contribution is 2.32. The number of rotatable bonds is 8. The molecular weight excluding hydrogens is 444 g/mol. The molecule has 0 saturated carbocycles. The van der Waals surface area contributed by atoms with Crippen molar-refractivity contribution >= 4 is 0 Å². The minimum atomic E-state index is -1.70. The Labute approximate surface area is 189 Å². The number of allylic oxidation sites excluding steroid dienone is 1. The number of aromatic hydroxyl groups is 1. The average molecular weight is 474 g/mol. The van der Waals surface area contributed by atoms with Crippen molar-refractivity contribution < 1.29 is 59.8 Å². The van der Waals surface area contributed by atoms with Crippen LogP contribution >= 0.6 is 0 Å². The summed E-state index contributed by atoms with van der Waals surface area (Å²) in [5, 5.41) is 79.9. The molecule has 2 heterocycles. The fraction of sp³-hybridized carbons (Fsp3) is 0.619. The molecule has 12 heteroatoms. The van der Waals surface area contributed by atoms with E-state index in [1.54, 1.807) is 12.1 Å². The third-order valence-electron chi connectivity index (χ3n) is 5.59. The Morgan fingerprint density at radius 2 is 1.45 bits per heavy atom. The predicted octanol–water partition coefficient (Wildman–Crippen LogP) is -2.88. The SMILES string of the molecule is C=CCc1ccc(O[C@H]2O[C@H](CO[C@H]3O[C@H](CO)[C@@H](O)[C@H](O)[C@H]3O)[C@@H](O)[C@H](O)[C@H]2O)c(O)c1. The van der Waals surface area contributed by atoms with Crippen LogP contribution in [0.1, 0.15) is 5.56 Å². The summed E-state index contributed by atoms with van der Waals surface area (Å²) in [6.45, 7) is 2.48. The van der Waals surface area contributed by atoms with Gasteiger partial charge in [-0.05, 0) is 24.1 Å². The molecule has 186 valence electrons. The number of hydrogen-bond acceptors (Lipinski definition) is 12. The van der Waals surface area contributed by atoms with Gasteiger partial charge in [-0.1, -0.05) is 12.1 Å². The maximum absolute atomic E-state index is 10.3. The summed E-state index contributed by atoms with van der Waals surface area (Å²) in [4.78, 5) is 0. The number of aliphatic hydroxyl groups excluding tert-OH is 7. The van der Waals surface area contributed by atoms with Crippen LogP contribution in [0, 0.1) is 0 Å². The van der Waals surface area contributed by atoms with Crippen LogP contribution in [0.25, 0.3) is 0 Å². The van der Waals surface area contributed by atoms with E-state index in [0.717, 1.165) is 5.56 Å². The number of phenols is 1. The molecule has 2 aliphatic heterocycles. The van der Waals surface area contributed by atoms with Gasteiger partial charge in [0.25, 0.3) is 0 Å². The quantitative estimate of drug-likeness (QED) is 0.179. The number of ether oxygens (including phenoxy) is 4. The third-order valence-corrected chi connectivity index (χ3v) is 5.59. The van der Waals surface area contributed by atoms with E-state index in [-0.39, 0.29) is 11.5 Å². The highest BCUT2D eigenvalue weighted by Gasteiger charge is 2.48. The molecule has 0 radical (unpaired) electrons. The zero-order valence-electron chi connectivity index (χ0n) is 17.6. The van der Waals surface area contributed by atoms with E-state index in [1.165, 1.54) is 12.1 Å². The largest absolute Gasteiger partial charge is 0.504 e. The van der Waals surface area contributed by atoms with Crippen molar-refractivity contribution in [1.29, 1.82) is 0 Å². The van der Waals surface area contributed by atoms with Crippen molar-refractivity contribution in [3.8, 4) is 11.5 Å². The second-order valence-electron chi connectivity index (χ2n) is 7.96. The molecule has 0 amide bonds. The van der Waals surface area contributed by atoms with Gasteiger partial charge in [0.2, 0.25) is 6.29 Å². The lowest BCUT2D eigenvalue weighted by Gasteiger charge is -2.42. The lowest BCUT2D eigenvalue weighted by atomic mass is 9.98. The van der Waals surface area contributed by atoms with Crippen LogP contribution in [0.15, 0.2) is 30.9 Å². The van der Waals surface area contributed by atoms with Crippen molar-refractivity contribution in [2.45, 2.75) is 67.8 Å². The van der Waals surface area contributed by atoms with Crippen LogP contribution in [0.3, 0.4) is 0 Å². The van der Waals surface area contributed by atoms with Gasteiger partial charge in [0, 0.05) is 0 Å². The van der Waals surface area contributed by atoms with E-state index in [1.807, 2.05) is 0 Å². The summed E-state index contributed by atoms with van der Waals surface area (Å²) < 4.78 is 21.6. The Balaban J connectivity index is 1.66. The summed E-state index contributed by atoms with van der Waals surface area (Å²) in [5.41, 5.74) is 0.765. The molecule has 33 heavy (non-hydrogen) atoms. The van der Waals surface area contributed by atoms with Gasteiger partial charge in [-0.2, -0.15) is 0 Å². The summed E-state index contributed by atoms with van der Waals surface area (Å²) in [5.74, 6) is -0.274. The Kier molecular flexibility index (Phi) is 8.64. The zero-order chi connectivity index (χ0) is 24.3. The van der Waals surface area contributed by atoms with Gasteiger partial charge in [0.05, 0.1) is 13.2 Å². The monoisotopic (exact) mass is 474 g/mol. The van der Waals surface area contributed by atoms with Gasteiger partial charge in [0.15, 0.2) is 17.8 Å². The molecule has 2 fully saturated rings. The first-order valence-electron chi connectivity index (χ1n) is 10.4. The summed E-state index contributed by atoms with van der Waals surface area (Å²) >= 11 is 0. The molecule has 2 aliphatic rings. The molecule has 1 aromatic rings. The fourth-order valence-electron chi connectivity index (χ4n) is 3.63. The van der Waals surface area contributed by atoms with E-state index < -0.39 is 74.6 Å². The Bertz CT molecular complexity index is 789. The van der Waals surface area contributed by atoms with Crippen LogP contribution in [-0.2, 0) is 20.6 Å². The van der Waals surface area contributed by atoms with Gasteiger partial charge in [0.1, 0.15) is 48.8 Å². The molecule has 1 aromatic carbocycles. The normalized spacial score (nSPS) is 39.2. The van der Waals surface area contributed by atoms with Crippen LogP contribution in [0.5, 0.6) is 11.5 Å². The molecule has 0 spiro atoms. The highest BCUT2D eigenvalue weighted by molar-refractivity contribution is 5.42. The summed E-state index contributed by atoms with van der Waals surface area (Å²) in [6, 6.07) is 4.55. The maximum atomic E-state index is 10.3. The Hall–Kier alpha value is -1.84. The van der Waals surface area contributed by atoms with Crippen molar-refractivity contribution in [3.05, 3.63) is 36.4 Å².